The Morgan fingerprint density at radius 3 is 3.12 bits per heavy atom. The summed E-state index contributed by atoms with van der Waals surface area (Å²) in [5.41, 5.74) is 2.93. The van der Waals surface area contributed by atoms with Crippen molar-refractivity contribution in [3.63, 3.8) is 0 Å². The molecule has 1 aromatic rings. The van der Waals surface area contributed by atoms with E-state index in [0.717, 1.165) is 6.54 Å². The molecule has 4 heteroatoms. The molecule has 0 atom stereocenters. The summed E-state index contributed by atoms with van der Waals surface area (Å²) in [6.07, 6.45) is 3.10. The molecule has 0 aliphatic rings. The number of aromatic nitrogens is 3. The van der Waals surface area contributed by atoms with Gasteiger partial charge in [-0.1, -0.05) is 0 Å². The summed E-state index contributed by atoms with van der Waals surface area (Å²) in [6, 6.07) is 0. The molecule has 44 valence electrons. The quantitative estimate of drug-likeness (QED) is 0.578. The van der Waals surface area contributed by atoms with Gasteiger partial charge in [0, 0.05) is 6.54 Å². The second-order valence-corrected chi connectivity index (χ2v) is 1.35. The fourth-order valence-corrected chi connectivity index (χ4v) is 0.452. The molecule has 0 radical (unpaired) electrons. The van der Waals surface area contributed by atoms with E-state index in [1.807, 2.05) is 6.92 Å². The first kappa shape index (κ1) is 5.08. The van der Waals surface area contributed by atoms with Crippen LogP contribution in [0.1, 0.15) is 6.92 Å². The minimum absolute atomic E-state index is 0.864. The van der Waals surface area contributed by atoms with Crippen molar-refractivity contribution >= 4 is 0 Å². The van der Waals surface area contributed by atoms with E-state index in [0.29, 0.717) is 0 Å². The number of hydrogen-bond acceptors (Lipinski definition) is 3. The van der Waals surface area contributed by atoms with Gasteiger partial charge < -0.3 is 5.43 Å². The van der Waals surface area contributed by atoms with Crippen molar-refractivity contribution in [2.45, 2.75) is 6.92 Å². The summed E-state index contributed by atoms with van der Waals surface area (Å²) in [7, 11) is 0. The van der Waals surface area contributed by atoms with E-state index in [1.54, 1.807) is 11.1 Å². The Bertz CT molecular complexity index is 134. The number of nitrogens with zero attached hydrogens (tertiary/aromatic N) is 3. The maximum Gasteiger partial charge on any atom is 0.139 e. The largest absolute Gasteiger partial charge is 0.309 e. The van der Waals surface area contributed by atoms with Gasteiger partial charge in [-0.2, -0.15) is 4.79 Å². The highest BCUT2D eigenvalue weighted by atomic mass is 15.6. The molecule has 0 saturated heterocycles. The van der Waals surface area contributed by atoms with Crippen LogP contribution >= 0.6 is 0 Å². The minimum atomic E-state index is 0.864. The fraction of sp³-hybridized carbons (Fsp3) is 0.500. The van der Waals surface area contributed by atoms with Gasteiger partial charge in [0.25, 0.3) is 0 Å². The van der Waals surface area contributed by atoms with Gasteiger partial charge in [-0.15, -0.1) is 5.10 Å². The topological polar surface area (TPSA) is 42.7 Å². The molecule has 0 aromatic carbocycles. The first-order chi connectivity index (χ1) is 3.93. The van der Waals surface area contributed by atoms with Crippen LogP contribution in [0.4, 0.5) is 0 Å². The molecule has 4 nitrogen and oxygen atoms in total. The summed E-state index contributed by atoms with van der Waals surface area (Å²) in [4.78, 5) is 5.30. The molecular formula is C4H8N4. The third kappa shape index (κ3) is 0.959. The zero-order valence-electron chi connectivity index (χ0n) is 4.70. The van der Waals surface area contributed by atoms with E-state index in [1.165, 1.54) is 6.33 Å². The van der Waals surface area contributed by atoms with Crippen LogP contribution in [0.2, 0.25) is 0 Å². The first-order valence-corrected chi connectivity index (χ1v) is 2.52. The Morgan fingerprint density at radius 1 is 1.75 bits per heavy atom. The molecule has 0 saturated carbocycles. The second-order valence-electron chi connectivity index (χ2n) is 1.35. The van der Waals surface area contributed by atoms with Crippen LogP contribution in [0.15, 0.2) is 12.7 Å². The van der Waals surface area contributed by atoms with Crippen LogP contribution in [0.25, 0.3) is 0 Å². The summed E-state index contributed by atoms with van der Waals surface area (Å²) >= 11 is 0. The van der Waals surface area contributed by atoms with Crippen LogP contribution in [0, 0.1) is 0 Å². The normalized spacial score (nSPS) is 9.12. The van der Waals surface area contributed by atoms with E-state index in [-0.39, 0.29) is 0 Å². The van der Waals surface area contributed by atoms with Gasteiger partial charge in [0.2, 0.25) is 0 Å². The summed E-state index contributed by atoms with van der Waals surface area (Å²) < 4.78 is 0. The maximum atomic E-state index is 3.80. The Hall–Kier alpha value is -1.06. The molecule has 0 unspecified atom stereocenters. The van der Waals surface area contributed by atoms with Gasteiger partial charge in [0.15, 0.2) is 0 Å². The first-order valence-electron chi connectivity index (χ1n) is 2.52. The molecule has 0 fully saturated rings. The van der Waals surface area contributed by atoms with Gasteiger partial charge in [0.05, 0.1) is 0 Å². The maximum absolute atomic E-state index is 3.80. The summed E-state index contributed by atoms with van der Waals surface area (Å²) in [6.45, 7) is 2.87. The van der Waals surface area contributed by atoms with Crippen LogP contribution in [0.3, 0.4) is 0 Å². The van der Waals surface area contributed by atoms with Gasteiger partial charge in [-0.3, -0.25) is 0 Å². The average molecular weight is 112 g/mol. The van der Waals surface area contributed by atoms with Crippen molar-refractivity contribution in [2.75, 3.05) is 12.0 Å². The SMILES string of the molecule is CCNn1cncn1. The van der Waals surface area contributed by atoms with Crippen molar-refractivity contribution in [3.8, 4) is 0 Å². The lowest BCUT2D eigenvalue weighted by Gasteiger charge is -1.97. The van der Waals surface area contributed by atoms with Gasteiger partial charge in [0.1, 0.15) is 12.7 Å². The lowest BCUT2D eigenvalue weighted by molar-refractivity contribution is 0.745. The number of hydrogen-bond donors (Lipinski definition) is 1. The van der Waals surface area contributed by atoms with Gasteiger partial charge in [-0.05, 0) is 6.92 Å². The monoisotopic (exact) mass is 112 g/mol. The van der Waals surface area contributed by atoms with Crippen LogP contribution in [-0.4, -0.2) is 21.4 Å². The highest BCUT2D eigenvalue weighted by Gasteiger charge is 1.80. The van der Waals surface area contributed by atoms with E-state index in [2.05, 4.69) is 15.5 Å². The molecule has 8 heavy (non-hydrogen) atoms. The molecule has 0 aliphatic heterocycles. The van der Waals surface area contributed by atoms with Crippen LogP contribution in [0.5, 0.6) is 0 Å². The molecule has 0 bridgehead atoms. The Kier molecular flexibility index (Phi) is 1.46. The Balaban J connectivity index is 2.50. The predicted octanol–water partition coefficient (Wildman–Crippen LogP) is -0.159. The molecule has 0 spiro atoms. The van der Waals surface area contributed by atoms with Crippen molar-refractivity contribution < 1.29 is 0 Å². The molecule has 0 aliphatic carbocycles. The molecule has 1 N–H and O–H groups in total. The Morgan fingerprint density at radius 2 is 2.62 bits per heavy atom. The lowest BCUT2D eigenvalue weighted by Crippen LogP contribution is -2.13. The van der Waals surface area contributed by atoms with E-state index < -0.39 is 0 Å². The standard InChI is InChI=1S/C4H8N4/c1-2-6-8-4-5-3-7-8/h3-4,6H,2H2,1H3. The van der Waals surface area contributed by atoms with Crippen molar-refractivity contribution in [2.24, 2.45) is 0 Å². The van der Waals surface area contributed by atoms with Gasteiger partial charge >= 0.3 is 0 Å². The number of nitrogens with one attached hydrogen (secondary N) is 1. The fourth-order valence-electron chi connectivity index (χ4n) is 0.452. The van der Waals surface area contributed by atoms with E-state index in [4.69, 9.17) is 0 Å². The van der Waals surface area contributed by atoms with E-state index in [9.17, 15) is 0 Å². The average Bonchev–Trinajstić information content (AvgIpc) is 2.19. The zero-order chi connectivity index (χ0) is 5.82. The Labute approximate surface area is 47.5 Å². The molecular weight excluding hydrogens is 104 g/mol. The summed E-state index contributed by atoms with van der Waals surface area (Å²) in [5, 5.41) is 3.80. The predicted molar refractivity (Wildman–Crippen MR) is 29.9 cm³/mol. The number of rotatable bonds is 2. The smallest absolute Gasteiger partial charge is 0.139 e. The summed E-state index contributed by atoms with van der Waals surface area (Å²) in [5.74, 6) is 0. The molecule has 1 aromatic heterocycles. The van der Waals surface area contributed by atoms with Crippen molar-refractivity contribution in [1.29, 1.82) is 0 Å². The second kappa shape index (κ2) is 2.30. The van der Waals surface area contributed by atoms with Crippen molar-refractivity contribution in [3.05, 3.63) is 12.7 Å². The molecule has 1 rings (SSSR count). The molecule has 1 heterocycles. The molecule has 0 amide bonds. The minimum Gasteiger partial charge on any atom is -0.309 e. The lowest BCUT2D eigenvalue weighted by atomic mass is 10.8. The third-order valence-electron chi connectivity index (χ3n) is 0.739. The van der Waals surface area contributed by atoms with Crippen LogP contribution < -0.4 is 5.43 Å². The van der Waals surface area contributed by atoms with Crippen LogP contribution in [-0.2, 0) is 0 Å². The van der Waals surface area contributed by atoms with Crippen molar-refractivity contribution in [1.82, 2.24) is 14.9 Å². The third-order valence-corrected chi connectivity index (χ3v) is 0.739. The highest BCUT2D eigenvalue weighted by molar-refractivity contribution is 4.63. The highest BCUT2D eigenvalue weighted by Crippen LogP contribution is 1.69. The van der Waals surface area contributed by atoms with E-state index >= 15 is 0 Å². The van der Waals surface area contributed by atoms with Gasteiger partial charge in [-0.25, -0.2) is 4.98 Å². The zero-order valence-corrected chi connectivity index (χ0v) is 4.70.